The lowest BCUT2D eigenvalue weighted by molar-refractivity contribution is -0.0452. The van der Waals surface area contributed by atoms with Gasteiger partial charge in [-0.05, 0) is 54.2 Å². The van der Waals surface area contributed by atoms with E-state index in [1.807, 2.05) is 12.1 Å². The topological polar surface area (TPSA) is 110 Å². The minimum atomic E-state index is -0.332. The number of methoxy groups -OCH3 is 1. The molecule has 2 heterocycles. The normalized spacial score (nSPS) is 13.0. The average molecular weight is 622 g/mol. The zero-order valence-electron chi connectivity index (χ0n) is 23.3. The van der Waals surface area contributed by atoms with Crippen LogP contribution in [0.5, 0.6) is 11.5 Å². The van der Waals surface area contributed by atoms with Crippen LogP contribution >= 0.6 is 23.8 Å². The van der Waals surface area contributed by atoms with Gasteiger partial charge in [-0.1, -0.05) is 23.7 Å². The van der Waals surface area contributed by atoms with Gasteiger partial charge in [0.15, 0.2) is 11.4 Å². The molecule has 43 heavy (non-hydrogen) atoms. The third-order valence-corrected chi connectivity index (χ3v) is 7.26. The first kappa shape index (κ1) is 30.3. The van der Waals surface area contributed by atoms with E-state index in [2.05, 4.69) is 27.0 Å². The number of hydrogen-bond acceptors (Lipinski definition) is 8. The Balaban J connectivity index is 1.32. The molecule has 5 rings (SSSR count). The molecule has 0 radical (unpaired) electrons. The summed E-state index contributed by atoms with van der Waals surface area (Å²) in [6, 6.07) is 17.3. The number of nitriles is 1. The van der Waals surface area contributed by atoms with Crippen molar-refractivity contribution in [2.75, 3.05) is 32.2 Å². The molecule has 12 heteroatoms. The summed E-state index contributed by atoms with van der Waals surface area (Å²) >= 11 is 12.0. The van der Waals surface area contributed by atoms with Gasteiger partial charge in [0.05, 0.1) is 42.1 Å². The molecule has 9 nitrogen and oxygen atoms in total. The second kappa shape index (κ2) is 14.3. The lowest BCUT2D eigenvalue weighted by atomic mass is 10.0. The number of rotatable bonds is 11. The predicted molar refractivity (Wildman–Crippen MR) is 166 cm³/mol. The number of nitrogens with zero attached hydrogens (tertiary/aromatic N) is 2. The summed E-state index contributed by atoms with van der Waals surface area (Å²) < 4.78 is 35.8. The third-order valence-electron chi connectivity index (χ3n) is 6.67. The van der Waals surface area contributed by atoms with Crippen molar-refractivity contribution in [2.45, 2.75) is 25.9 Å². The highest BCUT2D eigenvalue weighted by Gasteiger charge is 2.17. The Morgan fingerprint density at radius 1 is 1.14 bits per heavy atom. The molecule has 0 atom stereocenters. The maximum absolute atomic E-state index is 13.5. The molecule has 0 saturated carbocycles. The van der Waals surface area contributed by atoms with Gasteiger partial charge < -0.3 is 34.9 Å². The molecule has 1 fully saturated rings. The summed E-state index contributed by atoms with van der Waals surface area (Å²) in [6.07, 6.45) is 1.99. The van der Waals surface area contributed by atoms with Crippen LogP contribution in [0, 0.1) is 17.1 Å². The summed E-state index contributed by atoms with van der Waals surface area (Å²) in [5.41, 5.74) is 3.71. The van der Waals surface area contributed by atoms with Crippen molar-refractivity contribution in [3.8, 4) is 17.6 Å². The van der Waals surface area contributed by atoms with E-state index in [0.717, 1.165) is 5.56 Å². The van der Waals surface area contributed by atoms with Crippen LogP contribution in [0.15, 0.2) is 60.8 Å². The van der Waals surface area contributed by atoms with E-state index in [9.17, 15) is 9.65 Å². The van der Waals surface area contributed by atoms with Crippen LogP contribution in [-0.2, 0) is 22.6 Å². The van der Waals surface area contributed by atoms with Crippen LogP contribution < -0.4 is 25.4 Å². The number of hydrogen-bond donors (Lipinski definition) is 3. The van der Waals surface area contributed by atoms with Crippen molar-refractivity contribution >= 4 is 51.2 Å². The summed E-state index contributed by atoms with van der Waals surface area (Å²) in [5, 5.41) is 21.1. The van der Waals surface area contributed by atoms with Crippen molar-refractivity contribution < 1.29 is 23.3 Å². The lowest BCUT2D eigenvalue weighted by Crippen LogP contribution is -2.36. The Hall–Kier alpha value is -4.21. The molecule has 1 aromatic heterocycles. The standard InChI is InChI=1S/C31H29ClFN5O4S/c1-39-28-14-26-24(12-20(28)16-37-31(43)35-8-7-29-40-9-10-41-29)30(21(15-34)17-36-26)38-23-5-6-27(25(32)13-23)42-18-19-3-2-4-22(33)11-19/h2-6,11-14,17,29H,7-10,16,18H2,1H3,(H,36,38)(H2,35,37,43). The monoisotopic (exact) mass is 621 g/mol. The molecular formula is C31H29ClFN5O4S. The predicted octanol–water partition coefficient (Wildman–Crippen LogP) is 5.96. The molecule has 3 aromatic carbocycles. The zero-order chi connectivity index (χ0) is 30.2. The van der Waals surface area contributed by atoms with Gasteiger partial charge in [0.1, 0.15) is 30.0 Å². The Morgan fingerprint density at radius 3 is 2.72 bits per heavy atom. The van der Waals surface area contributed by atoms with Crippen LogP contribution in [0.2, 0.25) is 5.02 Å². The van der Waals surface area contributed by atoms with Crippen molar-refractivity contribution in [3.63, 3.8) is 0 Å². The summed E-state index contributed by atoms with van der Waals surface area (Å²) in [4.78, 5) is 4.47. The van der Waals surface area contributed by atoms with Gasteiger partial charge in [0.25, 0.3) is 0 Å². The van der Waals surface area contributed by atoms with Crippen molar-refractivity contribution in [1.29, 1.82) is 5.26 Å². The molecule has 0 unspecified atom stereocenters. The zero-order valence-corrected chi connectivity index (χ0v) is 24.9. The number of halogens is 2. The highest BCUT2D eigenvalue weighted by atomic mass is 35.5. The largest absolute Gasteiger partial charge is 0.496 e. The first-order valence-electron chi connectivity index (χ1n) is 13.5. The van der Waals surface area contributed by atoms with Crippen LogP contribution in [0.4, 0.5) is 15.8 Å². The van der Waals surface area contributed by atoms with Crippen LogP contribution in [0.25, 0.3) is 10.9 Å². The van der Waals surface area contributed by atoms with Gasteiger partial charge in [-0.2, -0.15) is 5.26 Å². The average Bonchev–Trinajstić information content (AvgIpc) is 3.53. The van der Waals surface area contributed by atoms with E-state index in [0.29, 0.717) is 87.8 Å². The number of ether oxygens (including phenoxy) is 4. The third kappa shape index (κ3) is 7.80. The molecule has 0 spiro atoms. The Labute approximate surface area is 258 Å². The van der Waals surface area contributed by atoms with Crippen molar-refractivity contribution in [3.05, 3.63) is 88.3 Å². The number of anilines is 2. The first-order valence-corrected chi connectivity index (χ1v) is 14.3. The van der Waals surface area contributed by atoms with Gasteiger partial charge in [0.2, 0.25) is 0 Å². The second-order valence-corrected chi connectivity index (χ2v) is 10.4. The van der Waals surface area contributed by atoms with Gasteiger partial charge in [-0.25, -0.2) is 4.39 Å². The summed E-state index contributed by atoms with van der Waals surface area (Å²) in [5.74, 6) is 0.741. The molecule has 3 N–H and O–H groups in total. The minimum Gasteiger partial charge on any atom is -0.496 e. The second-order valence-electron chi connectivity index (χ2n) is 9.60. The van der Waals surface area contributed by atoms with Crippen LogP contribution in [-0.4, -0.2) is 43.3 Å². The summed E-state index contributed by atoms with van der Waals surface area (Å²) in [7, 11) is 1.59. The van der Waals surface area contributed by atoms with E-state index < -0.39 is 0 Å². The van der Waals surface area contributed by atoms with Gasteiger partial charge in [0, 0.05) is 48.4 Å². The molecule has 0 bridgehead atoms. The maximum Gasteiger partial charge on any atom is 0.166 e. The number of benzene rings is 3. The number of pyridine rings is 1. The van der Waals surface area contributed by atoms with Gasteiger partial charge in [-0.15, -0.1) is 0 Å². The molecular weight excluding hydrogens is 593 g/mol. The number of fused-ring (bicyclic) bond motifs is 1. The molecule has 1 aliphatic heterocycles. The van der Waals surface area contributed by atoms with Crippen LogP contribution in [0.3, 0.4) is 0 Å². The summed E-state index contributed by atoms with van der Waals surface area (Å²) in [6.45, 7) is 2.36. The van der Waals surface area contributed by atoms with Crippen molar-refractivity contribution in [1.82, 2.24) is 15.6 Å². The number of aromatic nitrogens is 1. The van der Waals surface area contributed by atoms with Gasteiger partial charge >= 0.3 is 0 Å². The molecule has 222 valence electrons. The quantitative estimate of drug-likeness (QED) is 0.174. The lowest BCUT2D eigenvalue weighted by Gasteiger charge is -2.17. The Bertz CT molecular complexity index is 1660. The molecule has 0 aliphatic carbocycles. The Kier molecular flexibility index (Phi) is 10.1. The minimum absolute atomic E-state index is 0.165. The van der Waals surface area contributed by atoms with Crippen molar-refractivity contribution in [2.24, 2.45) is 0 Å². The molecule has 4 aromatic rings. The fourth-order valence-electron chi connectivity index (χ4n) is 4.56. The first-order chi connectivity index (χ1) is 20.9. The number of thiocarbonyl (C=S) groups is 1. The molecule has 1 saturated heterocycles. The van der Waals surface area contributed by atoms with Crippen LogP contribution in [0.1, 0.15) is 23.1 Å². The molecule has 1 aliphatic rings. The van der Waals surface area contributed by atoms with E-state index in [1.54, 1.807) is 37.4 Å². The van der Waals surface area contributed by atoms with E-state index in [1.165, 1.54) is 18.3 Å². The van der Waals surface area contributed by atoms with E-state index in [4.69, 9.17) is 42.8 Å². The highest BCUT2D eigenvalue weighted by Crippen LogP contribution is 2.35. The fraction of sp³-hybridized carbons (Fsp3) is 0.258. The maximum atomic E-state index is 13.5. The highest BCUT2D eigenvalue weighted by molar-refractivity contribution is 7.80. The Morgan fingerprint density at radius 2 is 1.98 bits per heavy atom. The van der Waals surface area contributed by atoms with Gasteiger partial charge in [-0.3, -0.25) is 4.98 Å². The SMILES string of the molecule is COc1cc2ncc(C#N)c(Nc3ccc(OCc4cccc(F)c4)c(Cl)c3)c2cc1CNC(=S)NCCC1OCCO1. The smallest absolute Gasteiger partial charge is 0.166 e. The van der Waals surface area contributed by atoms with E-state index >= 15 is 0 Å². The molecule has 0 amide bonds. The van der Waals surface area contributed by atoms with E-state index in [-0.39, 0.29) is 18.7 Å². The number of nitrogens with one attached hydrogen (secondary N) is 3. The fourth-order valence-corrected chi connectivity index (χ4v) is 4.96.